The lowest BCUT2D eigenvalue weighted by Crippen LogP contribution is -2.30. The van der Waals surface area contributed by atoms with Crippen LogP contribution in [-0.2, 0) is 9.98 Å². The molecular formula is C47H32N3OP. The zero-order valence-corrected chi connectivity index (χ0v) is 29.1. The van der Waals surface area contributed by atoms with Crippen molar-refractivity contribution in [2.24, 2.45) is 0 Å². The van der Waals surface area contributed by atoms with Crippen LogP contribution >= 0.6 is 7.14 Å². The van der Waals surface area contributed by atoms with Gasteiger partial charge in [-0.1, -0.05) is 140 Å². The summed E-state index contributed by atoms with van der Waals surface area (Å²) in [5, 5.41) is 4.79. The molecule has 5 heteroatoms. The Labute approximate surface area is 302 Å². The van der Waals surface area contributed by atoms with Gasteiger partial charge in [-0.3, -0.25) is 9.97 Å². The number of hydrogen-bond acceptors (Lipinski definition) is 3. The number of rotatable bonds is 6. The summed E-state index contributed by atoms with van der Waals surface area (Å²) in [6.07, 6.45) is 3.70. The minimum Gasteiger partial charge on any atom is -0.309 e. The predicted molar refractivity (Wildman–Crippen MR) is 213 cm³/mol. The second-order valence-electron chi connectivity index (χ2n) is 13.3. The Morgan fingerprint density at radius 3 is 1.56 bits per heavy atom. The maximum atomic E-state index is 15.4. The molecule has 3 aromatic heterocycles. The van der Waals surface area contributed by atoms with Gasteiger partial charge in [-0.05, 0) is 64.7 Å². The number of fused-ring (bicyclic) bond motifs is 6. The number of para-hydroxylation sites is 2. The molecular weight excluding hydrogens is 654 g/mol. The van der Waals surface area contributed by atoms with Crippen molar-refractivity contribution in [2.45, 2.75) is 5.41 Å². The molecule has 0 N–H and O–H groups in total. The molecule has 6 aromatic carbocycles. The molecule has 0 aliphatic heterocycles. The summed E-state index contributed by atoms with van der Waals surface area (Å²) in [4.78, 5) is 9.86. The number of pyridine rings is 2. The molecule has 9 aromatic rings. The standard InChI is InChI=1S/C47H32N3OP/c51-52(36-16-6-2-7-17-36,37-18-8-3-9-19-37)38-27-24-33(25-28-38)47(41-21-12-30-48-45(41)46-42(47)22-13-31-49-46)34-26-29-44-40(32-34)39-20-10-11-23-43(39)50(44)35-14-4-1-5-15-35/h1-32H. The van der Waals surface area contributed by atoms with Crippen molar-refractivity contribution >= 4 is 44.9 Å². The van der Waals surface area contributed by atoms with Crippen LogP contribution in [0.2, 0.25) is 0 Å². The topological polar surface area (TPSA) is 47.8 Å². The average Bonchev–Trinajstić information content (AvgIpc) is 3.72. The highest BCUT2D eigenvalue weighted by molar-refractivity contribution is 7.85. The van der Waals surface area contributed by atoms with Gasteiger partial charge in [0.05, 0.1) is 27.8 Å². The van der Waals surface area contributed by atoms with Crippen molar-refractivity contribution < 1.29 is 4.57 Å². The van der Waals surface area contributed by atoms with Gasteiger partial charge in [0, 0.05) is 44.8 Å². The van der Waals surface area contributed by atoms with Crippen molar-refractivity contribution in [1.82, 2.24) is 14.5 Å². The lowest BCUT2D eigenvalue weighted by Gasteiger charge is -2.33. The molecule has 0 amide bonds. The molecule has 1 aliphatic carbocycles. The van der Waals surface area contributed by atoms with Crippen LogP contribution in [0, 0.1) is 0 Å². The smallest absolute Gasteiger partial charge is 0.171 e. The van der Waals surface area contributed by atoms with Crippen LogP contribution in [0.4, 0.5) is 0 Å². The molecule has 0 saturated carbocycles. The fraction of sp³-hybridized carbons (Fsp3) is 0.0213. The summed E-state index contributed by atoms with van der Waals surface area (Å²) in [5.41, 5.74) is 8.82. The first kappa shape index (κ1) is 30.5. The van der Waals surface area contributed by atoms with E-state index in [-0.39, 0.29) is 0 Å². The van der Waals surface area contributed by atoms with Crippen LogP contribution in [0.5, 0.6) is 0 Å². The molecule has 0 bridgehead atoms. The van der Waals surface area contributed by atoms with E-state index in [0.717, 1.165) is 66.3 Å². The lowest BCUT2D eigenvalue weighted by atomic mass is 9.68. The minimum atomic E-state index is -3.17. The molecule has 1 aliphatic rings. The highest BCUT2D eigenvalue weighted by Gasteiger charge is 2.48. The van der Waals surface area contributed by atoms with Crippen molar-refractivity contribution in [3.8, 4) is 17.1 Å². The van der Waals surface area contributed by atoms with Crippen LogP contribution in [0.3, 0.4) is 0 Å². The Hall–Kier alpha value is -6.35. The first-order valence-electron chi connectivity index (χ1n) is 17.5. The number of aromatic nitrogens is 3. The zero-order chi connectivity index (χ0) is 34.7. The third-order valence-corrected chi connectivity index (χ3v) is 13.7. The summed E-state index contributed by atoms with van der Waals surface area (Å²) in [7, 11) is -3.17. The Balaban J connectivity index is 1.25. The van der Waals surface area contributed by atoms with E-state index in [1.165, 1.54) is 10.8 Å². The highest BCUT2D eigenvalue weighted by atomic mass is 31.2. The van der Waals surface area contributed by atoms with E-state index in [1.54, 1.807) is 0 Å². The van der Waals surface area contributed by atoms with Gasteiger partial charge in [0.2, 0.25) is 0 Å². The van der Waals surface area contributed by atoms with Crippen LogP contribution in [0.15, 0.2) is 194 Å². The van der Waals surface area contributed by atoms with Gasteiger partial charge >= 0.3 is 0 Å². The van der Waals surface area contributed by atoms with Gasteiger partial charge in [0.25, 0.3) is 0 Å². The number of hydrogen-bond donors (Lipinski definition) is 0. The van der Waals surface area contributed by atoms with Crippen molar-refractivity contribution in [1.29, 1.82) is 0 Å². The SMILES string of the molecule is O=P(c1ccccc1)(c1ccccc1)c1ccc(C2(c3ccc4c(c3)c3ccccc3n4-c3ccccc3)c3cccnc3-c3ncccc32)cc1. The molecule has 10 rings (SSSR count). The van der Waals surface area contributed by atoms with Gasteiger partial charge in [0.1, 0.15) is 0 Å². The van der Waals surface area contributed by atoms with Gasteiger partial charge in [0.15, 0.2) is 7.14 Å². The van der Waals surface area contributed by atoms with E-state index in [1.807, 2.05) is 85.2 Å². The summed E-state index contributed by atoms with van der Waals surface area (Å²) in [5.74, 6) is 0. The minimum absolute atomic E-state index is 0.723. The van der Waals surface area contributed by atoms with Crippen LogP contribution in [0.25, 0.3) is 38.9 Å². The summed E-state index contributed by atoms with van der Waals surface area (Å²) >= 11 is 0. The van der Waals surface area contributed by atoms with Gasteiger partial charge in [-0.25, -0.2) is 0 Å². The van der Waals surface area contributed by atoms with Crippen molar-refractivity contribution in [2.75, 3.05) is 0 Å². The first-order valence-corrected chi connectivity index (χ1v) is 19.2. The fourth-order valence-corrected chi connectivity index (χ4v) is 11.1. The molecule has 0 saturated heterocycles. The van der Waals surface area contributed by atoms with Crippen molar-refractivity contribution in [3.05, 3.63) is 217 Å². The van der Waals surface area contributed by atoms with Gasteiger partial charge in [-0.2, -0.15) is 0 Å². The van der Waals surface area contributed by atoms with E-state index in [9.17, 15) is 0 Å². The Morgan fingerprint density at radius 1 is 0.442 bits per heavy atom. The maximum absolute atomic E-state index is 15.4. The second-order valence-corrected chi connectivity index (χ2v) is 16.1. The third-order valence-electron chi connectivity index (χ3n) is 10.7. The summed E-state index contributed by atoms with van der Waals surface area (Å²) < 4.78 is 17.7. The number of nitrogens with zero attached hydrogens (tertiary/aromatic N) is 3. The lowest BCUT2D eigenvalue weighted by molar-refractivity contribution is 0.592. The second kappa shape index (κ2) is 11.9. The van der Waals surface area contributed by atoms with Crippen LogP contribution in [-0.4, -0.2) is 14.5 Å². The zero-order valence-electron chi connectivity index (χ0n) is 28.2. The maximum Gasteiger partial charge on any atom is 0.171 e. The van der Waals surface area contributed by atoms with Gasteiger partial charge < -0.3 is 9.13 Å². The number of benzene rings is 6. The van der Waals surface area contributed by atoms with Gasteiger partial charge in [-0.15, -0.1) is 0 Å². The molecule has 0 radical (unpaired) electrons. The molecule has 246 valence electrons. The average molecular weight is 686 g/mol. The van der Waals surface area contributed by atoms with Crippen LogP contribution < -0.4 is 15.9 Å². The Bertz CT molecular complexity index is 2720. The largest absolute Gasteiger partial charge is 0.309 e. The predicted octanol–water partition coefficient (Wildman–Crippen LogP) is 9.58. The quantitative estimate of drug-likeness (QED) is 0.164. The molecule has 0 spiro atoms. The molecule has 0 atom stereocenters. The normalized spacial score (nSPS) is 13.2. The fourth-order valence-electron chi connectivity index (χ4n) is 8.43. The molecule has 3 heterocycles. The van der Waals surface area contributed by atoms with E-state index >= 15 is 4.57 Å². The molecule has 0 fully saturated rings. The molecule has 0 unspecified atom stereocenters. The van der Waals surface area contributed by atoms with E-state index < -0.39 is 12.6 Å². The Kier molecular flexibility index (Phi) is 6.96. The van der Waals surface area contributed by atoms with E-state index in [0.29, 0.717) is 0 Å². The summed E-state index contributed by atoms with van der Waals surface area (Å²) in [6.45, 7) is 0. The highest BCUT2D eigenvalue weighted by Crippen LogP contribution is 2.55. The van der Waals surface area contributed by atoms with E-state index in [4.69, 9.17) is 9.97 Å². The molecule has 4 nitrogen and oxygen atoms in total. The first-order chi connectivity index (χ1) is 25.7. The monoisotopic (exact) mass is 685 g/mol. The summed E-state index contributed by atoms with van der Waals surface area (Å²) in [6, 6.07) is 62.7. The molecule has 52 heavy (non-hydrogen) atoms. The van der Waals surface area contributed by atoms with Crippen LogP contribution in [0.1, 0.15) is 22.3 Å². The Morgan fingerprint density at radius 2 is 0.942 bits per heavy atom. The van der Waals surface area contributed by atoms with E-state index in [2.05, 4.69) is 114 Å². The van der Waals surface area contributed by atoms with Crippen molar-refractivity contribution in [3.63, 3.8) is 0 Å². The third kappa shape index (κ3) is 4.32.